The van der Waals surface area contributed by atoms with Crippen LogP contribution in [0, 0.1) is 18.2 Å². The van der Waals surface area contributed by atoms with E-state index < -0.39 is 5.82 Å². The van der Waals surface area contributed by atoms with Crippen LogP contribution in [0.25, 0.3) is 0 Å². The number of aryl methyl sites for hydroxylation is 1. The van der Waals surface area contributed by atoms with Gasteiger partial charge in [-0.1, -0.05) is 6.07 Å². The molecule has 0 aliphatic carbocycles. The quantitative estimate of drug-likeness (QED) is 0.654. The molecular weight excluding hydrogens is 245 g/mol. The lowest BCUT2D eigenvalue weighted by atomic mass is 10.2. The summed E-state index contributed by atoms with van der Waals surface area (Å²) >= 11 is 0. The van der Waals surface area contributed by atoms with Crippen LogP contribution in [0.2, 0.25) is 0 Å². The summed E-state index contributed by atoms with van der Waals surface area (Å²) in [5.41, 5.74) is 7.37. The van der Waals surface area contributed by atoms with Gasteiger partial charge in [-0.15, -0.1) is 0 Å². The van der Waals surface area contributed by atoms with E-state index in [0.717, 1.165) is 11.3 Å². The van der Waals surface area contributed by atoms with Gasteiger partial charge in [0.05, 0.1) is 5.69 Å². The molecule has 2 rings (SSSR count). The van der Waals surface area contributed by atoms with Gasteiger partial charge in [0.2, 0.25) is 0 Å². The van der Waals surface area contributed by atoms with Gasteiger partial charge in [-0.25, -0.2) is 4.39 Å². The average molecular weight is 259 g/mol. The molecule has 0 amide bonds. The molecule has 0 saturated heterocycles. The Morgan fingerprint density at radius 1 is 1.42 bits per heavy atom. The summed E-state index contributed by atoms with van der Waals surface area (Å²) in [4.78, 5) is 4.17. The first-order valence-electron chi connectivity index (χ1n) is 5.75. The fraction of sp³-hybridized carbons (Fsp3) is 0.143. The number of hydrogen-bond acceptors (Lipinski definition) is 3. The van der Waals surface area contributed by atoms with Crippen LogP contribution in [0.15, 0.2) is 36.5 Å². The molecule has 0 saturated carbocycles. The minimum absolute atomic E-state index is 0.120. The van der Waals surface area contributed by atoms with E-state index in [9.17, 15) is 4.39 Å². The van der Waals surface area contributed by atoms with Gasteiger partial charge in [0.1, 0.15) is 12.4 Å². The monoisotopic (exact) mass is 259 g/mol. The highest BCUT2D eigenvalue weighted by Crippen LogP contribution is 2.19. The van der Waals surface area contributed by atoms with Crippen LogP contribution < -0.4 is 10.5 Å². The molecule has 0 bridgehead atoms. The Balaban J connectivity index is 2.12. The Kier molecular flexibility index (Phi) is 3.75. The molecule has 0 radical (unpaired) electrons. The van der Waals surface area contributed by atoms with E-state index in [1.54, 1.807) is 12.3 Å². The Bertz CT molecular complexity index is 613. The topological polar surface area (TPSA) is 72.0 Å². The molecule has 0 fully saturated rings. The number of aromatic nitrogens is 1. The van der Waals surface area contributed by atoms with Crippen LogP contribution in [-0.2, 0) is 6.61 Å². The van der Waals surface area contributed by atoms with Crippen molar-refractivity contribution in [3.63, 3.8) is 0 Å². The number of nitrogens with two attached hydrogens (primary N) is 1. The van der Waals surface area contributed by atoms with Crippen molar-refractivity contribution in [3.05, 3.63) is 59.2 Å². The number of benzene rings is 1. The second-order valence-electron chi connectivity index (χ2n) is 4.11. The van der Waals surface area contributed by atoms with Crippen LogP contribution in [0.3, 0.4) is 0 Å². The number of rotatable bonds is 4. The Morgan fingerprint density at radius 2 is 2.21 bits per heavy atom. The third-order valence-electron chi connectivity index (χ3n) is 2.73. The molecule has 3 N–H and O–H groups in total. The molecule has 4 nitrogen and oxygen atoms in total. The third kappa shape index (κ3) is 3.07. The lowest BCUT2D eigenvalue weighted by molar-refractivity contribution is 0.285. The number of nitrogen functional groups attached to an aromatic ring is 1. The average Bonchev–Trinajstić information content (AvgIpc) is 2.39. The molecule has 5 heteroatoms. The van der Waals surface area contributed by atoms with Gasteiger partial charge in [-0.3, -0.25) is 10.4 Å². The summed E-state index contributed by atoms with van der Waals surface area (Å²) in [5.74, 6) is -0.595. The second kappa shape index (κ2) is 5.48. The van der Waals surface area contributed by atoms with Crippen LogP contribution in [-0.4, -0.2) is 10.8 Å². The Hall–Kier alpha value is -2.43. The van der Waals surface area contributed by atoms with Gasteiger partial charge in [0.15, 0.2) is 11.6 Å². The lowest BCUT2D eigenvalue weighted by Gasteiger charge is -2.09. The maximum Gasteiger partial charge on any atom is 0.165 e. The minimum atomic E-state index is -0.540. The van der Waals surface area contributed by atoms with Gasteiger partial charge in [-0.05, 0) is 36.8 Å². The Labute approximate surface area is 110 Å². The number of pyridine rings is 1. The molecule has 98 valence electrons. The highest BCUT2D eigenvalue weighted by atomic mass is 19.1. The first kappa shape index (κ1) is 13.0. The van der Waals surface area contributed by atoms with E-state index in [0.29, 0.717) is 5.56 Å². The van der Waals surface area contributed by atoms with Crippen LogP contribution in [0.5, 0.6) is 5.75 Å². The Morgan fingerprint density at radius 3 is 2.84 bits per heavy atom. The van der Waals surface area contributed by atoms with Crippen molar-refractivity contribution in [2.45, 2.75) is 13.5 Å². The predicted molar refractivity (Wildman–Crippen MR) is 70.7 cm³/mol. The number of halogens is 1. The third-order valence-corrected chi connectivity index (χ3v) is 2.73. The number of amidine groups is 1. The summed E-state index contributed by atoms with van der Waals surface area (Å²) in [6.07, 6.45) is 1.67. The van der Waals surface area contributed by atoms with E-state index in [1.807, 2.05) is 19.1 Å². The molecule has 1 aromatic heterocycles. The first-order chi connectivity index (χ1) is 9.08. The second-order valence-corrected chi connectivity index (χ2v) is 4.11. The number of nitrogens with zero attached hydrogens (tertiary/aromatic N) is 1. The van der Waals surface area contributed by atoms with Crippen molar-refractivity contribution in [1.82, 2.24) is 4.98 Å². The zero-order valence-electron chi connectivity index (χ0n) is 10.5. The van der Waals surface area contributed by atoms with Crippen LogP contribution in [0.4, 0.5) is 4.39 Å². The fourth-order valence-electron chi connectivity index (χ4n) is 1.60. The first-order valence-corrected chi connectivity index (χ1v) is 5.75. The summed E-state index contributed by atoms with van der Waals surface area (Å²) in [6.45, 7) is 2.11. The molecule has 0 aliphatic rings. The van der Waals surface area contributed by atoms with Crippen molar-refractivity contribution in [3.8, 4) is 5.75 Å². The molecule has 1 aromatic carbocycles. The van der Waals surface area contributed by atoms with Crippen LogP contribution >= 0.6 is 0 Å². The molecule has 0 aliphatic heterocycles. The highest BCUT2D eigenvalue weighted by molar-refractivity contribution is 5.95. The molecule has 0 atom stereocenters. The predicted octanol–water partition coefficient (Wildman–Crippen LogP) is 2.39. The summed E-state index contributed by atoms with van der Waals surface area (Å²) in [5, 5.41) is 7.23. The maximum absolute atomic E-state index is 13.7. The molecule has 0 spiro atoms. The lowest BCUT2D eigenvalue weighted by Crippen LogP contribution is -2.11. The van der Waals surface area contributed by atoms with Crippen molar-refractivity contribution < 1.29 is 9.13 Å². The highest BCUT2D eigenvalue weighted by Gasteiger charge is 2.07. The minimum Gasteiger partial charge on any atom is -0.484 e. The van der Waals surface area contributed by atoms with Gasteiger partial charge in [0, 0.05) is 11.8 Å². The molecule has 1 heterocycles. The standard InChI is InChI=1S/C14H14FN3O/c1-9-3-2-6-18-12(9)8-19-13-5-4-10(14(16)17)7-11(13)15/h2-7H,8H2,1H3,(H3,16,17). The van der Waals surface area contributed by atoms with Gasteiger partial charge in [0.25, 0.3) is 0 Å². The number of hydrogen-bond donors (Lipinski definition) is 2. The van der Waals surface area contributed by atoms with Crippen LogP contribution in [0.1, 0.15) is 16.8 Å². The molecule has 0 unspecified atom stereocenters. The number of ether oxygens (including phenoxy) is 1. The van der Waals surface area contributed by atoms with Crippen molar-refractivity contribution in [2.75, 3.05) is 0 Å². The van der Waals surface area contributed by atoms with E-state index in [2.05, 4.69) is 4.98 Å². The molecule has 19 heavy (non-hydrogen) atoms. The van der Waals surface area contributed by atoms with Gasteiger partial charge < -0.3 is 10.5 Å². The summed E-state index contributed by atoms with van der Waals surface area (Å²) in [6, 6.07) is 7.95. The SMILES string of the molecule is Cc1cccnc1COc1ccc(C(=N)N)cc1F. The van der Waals surface area contributed by atoms with E-state index in [-0.39, 0.29) is 18.2 Å². The maximum atomic E-state index is 13.7. The van der Waals surface area contributed by atoms with Crippen molar-refractivity contribution >= 4 is 5.84 Å². The van der Waals surface area contributed by atoms with Crippen molar-refractivity contribution in [1.29, 1.82) is 5.41 Å². The largest absolute Gasteiger partial charge is 0.484 e. The molecule has 2 aromatic rings. The fourth-order valence-corrected chi connectivity index (χ4v) is 1.60. The zero-order valence-corrected chi connectivity index (χ0v) is 10.5. The van der Waals surface area contributed by atoms with E-state index in [1.165, 1.54) is 12.1 Å². The smallest absolute Gasteiger partial charge is 0.165 e. The van der Waals surface area contributed by atoms with E-state index in [4.69, 9.17) is 15.9 Å². The normalized spacial score (nSPS) is 10.2. The summed E-state index contributed by atoms with van der Waals surface area (Å²) in [7, 11) is 0. The van der Waals surface area contributed by atoms with Crippen molar-refractivity contribution in [2.24, 2.45) is 5.73 Å². The van der Waals surface area contributed by atoms with Gasteiger partial charge in [-0.2, -0.15) is 0 Å². The summed E-state index contributed by atoms with van der Waals surface area (Å²) < 4.78 is 19.1. The number of nitrogens with one attached hydrogen (secondary N) is 1. The van der Waals surface area contributed by atoms with E-state index >= 15 is 0 Å². The molecular formula is C14H14FN3O. The van der Waals surface area contributed by atoms with Gasteiger partial charge >= 0.3 is 0 Å². The zero-order chi connectivity index (χ0) is 13.8.